The fourth-order valence-electron chi connectivity index (χ4n) is 2.60. The highest BCUT2D eigenvalue weighted by molar-refractivity contribution is 9.10. The normalized spacial score (nSPS) is 18.4. The molecular weight excluding hydrogens is 336 g/mol. The average Bonchev–Trinajstić information content (AvgIpc) is 2.49. The van der Waals surface area contributed by atoms with Crippen LogP contribution >= 0.6 is 15.9 Å². The van der Waals surface area contributed by atoms with Crippen LogP contribution in [0.2, 0.25) is 0 Å². The standard InChI is InChI=1S/C15H19BrN2O3/c1-21-14(19)9-11-4-2-3-7-18(11)15(20)10-5-6-12(16)13(17)8-10/h5-6,8,11H,2-4,7,9,17H2,1H3. The number of hydrogen-bond donors (Lipinski definition) is 1. The molecule has 0 radical (unpaired) electrons. The van der Waals surface area contributed by atoms with Gasteiger partial charge in [-0.3, -0.25) is 9.59 Å². The van der Waals surface area contributed by atoms with Crippen molar-refractivity contribution in [2.75, 3.05) is 19.4 Å². The van der Waals surface area contributed by atoms with Crippen molar-refractivity contribution < 1.29 is 14.3 Å². The van der Waals surface area contributed by atoms with Gasteiger partial charge in [-0.15, -0.1) is 0 Å². The van der Waals surface area contributed by atoms with Crippen LogP contribution in [0, 0.1) is 0 Å². The second-order valence-electron chi connectivity index (χ2n) is 5.16. The summed E-state index contributed by atoms with van der Waals surface area (Å²) >= 11 is 3.32. The molecule has 1 fully saturated rings. The number of ether oxygens (including phenoxy) is 1. The van der Waals surface area contributed by atoms with Crippen LogP contribution in [0.15, 0.2) is 22.7 Å². The molecule has 0 aromatic heterocycles. The Bertz CT molecular complexity index is 548. The summed E-state index contributed by atoms with van der Waals surface area (Å²) in [5.41, 5.74) is 6.91. The summed E-state index contributed by atoms with van der Waals surface area (Å²) in [5.74, 6) is -0.363. The maximum Gasteiger partial charge on any atom is 0.307 e. The number of halogens is 1. The first-order valence-corrected chi connectivity index (χ1v) is 7.75. The van der Waals surface area contributed by atoms with Gasteiger partial charge in [0, 0.05) is 28.3 Å². The van der Waals surface area contributed by atoms with Crippen molar-refractivity contribution in [2.24, 2.45) is 0 Å². The lowest BCUT2D eigenvalue weighted by Crippen LogP contribution is -2.44. The maximum absolute atomic E-state index is 12.6. The maximum atomic E-state index is 12.6. The molecular formula is C15H19BrN2O3. The highest BCUT2D eigenvalue weighted by atomic mass is 79.9. The molecule has 2 N–H and O–H groups in total. The van der Waals surface area contributed by atoms with Gasteiger partial charge in [0.15, 0.2) is 0 Å². The molecule has 1 aliphatic heterocycles. The molecule has 114 valence electrons. The molecule has 1 unspecified atom stereocenters. The van der Waals surface area contributed by atoms with Gasteiger partial charge in [-0.1, -0.05) is 0 Å². The van der Waals surface area contributed by atoms with Gasteiger partial charge in [-0.05, 0) is 53.4 Å². The van der Waals surface area contributed by atoms with Crippen molar-refractivity contribution in [1.29, 1.82) is 0 Å². The summed E-state index contributed by atoms with van der Waals surface area (Å²) < 4.78 is 5.49. The zero-order chi connectivity index (χ0) is 15.4. The highest BCUT2D eigenvalue weighted by Crippen LogP contribution is 2.25. The predicted molar refractivity (Wildman–Crippen MR) is 83.9 cm³/mol. The van der Waals surface area contributed by atoms with E-state index in [1.165, 1.54) is 7.11 Å². The minimum absolute atomic E-state index is 0.0807. The molecule has 21 heavy (non-hydrogen) atoms. The Kier molecular flexibility index (Phi) is 5.22. The first kappa shape index (κ1) is 15.8. The summed E-state index contributed by atoms with van der Waals surface area (Å²) in [6.07, 6.45) is 3.05. The number of nitrogens with zero attached hydrogens (tertiary/aromatic N) is 1. The monoisotopic (exact) mass is 354 g/mol. The molecule has 0 spiro atoms. The summed E-state index contributed by atoms with van der Waals surface area (Å²) in [7, 11) is 1.37. The largest absolute Gasteiger partial charge is 0.469 e. The second kappa shape index (κ2) is 6.93. The molecule has 1 aromatic carbocycles. The van der Waals surface area contributed by atoms with Crippen LogP contribution in [0.25, 0.3) is 0 Å². The fourth-order valence-corrected chi connectivity index (χ4v) is 2.85. The van der Waals surface area contributed by atoms with Gasteiger partial charge in [0.05, 0.1) is 13.5 Å². The Morgan fingerprint density at radius 3 is 2.86 bits per heavy atom. The van der Waals surface area contributed by atoms with E-state index in [0.29, 0.717) is 17.8 Å². The number of anilines is 1. The predicted octanol–water partition coefficient (Wildman–Crippen LogP) is 2.59. The fraction of sp³-hybridized carbons (Fsp3) is 0.467. The van der Waals surface area contributed by atoms with Crippen LogP contribution < -0.4 is 5.73 Å². The Balaban J connectivity index is 2.17. The number of benzene rings is 1. The lowest BCUT2D eigenvalue weighted by atomic mass is 9.98. The molecule has 1 aromatic rings. The number of nitrogen functional groups attached to an aromatic ring is 1. The average molecular weight is 355 g/mol. The number of esters is 1. The SMILES string of the molecule is COC(=O)CC1CCCCN1C(=O)c1ccc(Br)c(N)c1. The molecule has 6 heteroatoms. The van der Waals surface area contributed by atoms with Gasteiger partial charge < -0.3 is 15.4 Å². The molecule has 1 saturated heterocycles. The molecule has 5 nitrogen and oxygen atoms in total. The van der Waals surface area contributed by atoms with Crippen LogP contribution in [-0.4, -0.2) is 36.5 Å². The van der Waals surface area contributed by atoms with Gasteiger partial charge in [0.2, 0.25) is 0 Å². The van der Waals surface area contributed by atoms with Crippen LogP contribution in [0.1, 0.15) is 36.0 Å². The third kappa shape index (κ3) is 3.75. The number of amides is 1. The zero-order valence-corrected chi connectivity index (χ0v) is 13.6. The van der Waals surface area contributed by atoms with E-state index in [9.17, 15) is 9.59 Å². The topological polar surface area (TPSA) is 72.6 Å². The molecule has 1 heterocycles. The Morgan fingerprint density at radius 2 is 2.19 bits per heavy atom. The number of methoxy groups -OCH3 is 1. The quantitative estimate of drug-likeness (QED) is 0.668. The first-order valence-electron chi connectivity index (χ1n) is 6.95. The van der Waals surface area contributed by atoms with E-state index >= 15 is 0 Å². The van der Waals surface area contributed by atoms with Gasteiger partial charge in [-0.2, -0.15) is 0 Å². The molecule has 0 saturated carbocycles. The van der Waals surface area contributed by atoms with Crippen LogP contribution in [0.4, 0.5) is 5.69 Å². The third-order valence-corrected chi connectivity index (χ3v) is 4.48. The van der Waals surface area contributed by atoms with Crippen LogP contribution in [-0.2, 0) is 9.53 Å². The van der Waals surface area contributed by atoms with Gasteiger partial charge in [0.1, 0.15) is 0 Å². The van der Waals surface area contributed by atoms with Crippen molar-refractivity contribution in [1.82, 2.24) is 4.90 Å². The van der Waals surface area contributed by atoms with Crippen LogP contribution in [0.3, 0.4) is 0 Å². The summed E-state index contributed by atoms with van der Waals surface area (Å²) in [6, 6.07) is 5.08. The molecule has 2 rings (SSSR count). The highest BCUT2D eigenvalue weighted by Gasteiger charge is 2.29. The minimum atomic E-state index is -0.282. The Labute approximate surface area is 132 Å². The molecule has 1 amide bonds. The number of likely N-dealkylation sites (tertiary alicyclic amines) is 1. The Morgan fingerprint density at radius 1 is 1.43 bits per heavy atom. The second-order valence-corrected chi connectivity index (χ2v) is 6.02. The lowest BCUT2D eigenvalue weighted by Gasteiger charge is -2.35. The number of carbonyl (C=O) groups excluding carboxylic acids is 2. The first-order chi connectivity index (χ1) is 10.0. The van der Waals surface area contributed by atoms with Gasteiger partial charge in [-0.25, -0.2) is 0 Å². The van der Waals surface area contributed by atoms with Crippen molar-refractivity contribution in [3.63, 3.8) is 0 Å². The lowest BCUT2D eigenvalue weighted by molar-refractivity contribution is -0.142. The van der Waals surface area contributed by atoms with Crippen molar-refractivity contribution in [3.05, 3.63) is 28.2 Å². The van der Waals surface area contributed by atoms with E-state index in [-0.39, 0.29) is 24.3 Å². The summed E-state index contributed by atoms with van der Waals surface area (Å²) in [4.78, 5) is 25.9. The van der Waals surface area contributed by atoms with E-state index in [4.69, 9.17) is 10.5 Å². The third-order valence-electron chi connectivity index (χ3n) is 3.76. The van der Waals surface area contributed by atoms with E-state index < -0.39 is 0 Å². The molecule has 0 bridgehead atoms. The summed E-state index contributed by atoms with van der Waals surface area (Å²) in [6.45, 7) is 0.663. The number of carbonyl (C=O) groups is 2. The minimum Gasteiger partial charge on any atom is -0.469 e. The number of nitrogens with two attached hydrogens (primary N) is 1. The number of rotatable bonds is 3. The van der Waals surface area contributed by atoms with E-state index in [0.717, 1.165) is 23.7 Å². The van der Waals surface area contributed by atoms with E-state index in [1.807, 2.05) is 0 Å². The van der Waals surface area contributed by atoms with E-state index in [2.05, 4.69) is 15.9 Å². The van der Waals surface area contributed by atoms with Gasteiger partial charge in [0.25, 0.3) is 5.91 Å². The number of piperidine rings is 1. The van der Waals surface area contributed by atoms with Crippen molar-refractivity contribution >= 4 is 33.5 Å². The van der Waals surface area contributed by atoms with Crippen molar-refractivity contribution in [2.45, 2.75) is 31.7 Å². The molecule has 1 atom stereocenters. The molecule has 1 aliphatic rings. The van der Waals surface area contributed by atoms with Crippen LogP contribution in [0.5, 0.6) is 0 Å². The smallest absolute Gasteiger partial charge is 0.307 e. The molecule has 0 aliphatic carbocycles. The summed E-state index contributed by atoms with van der Waals surface area (Å²) in [5, 5.41) is 0. The zero-order valence-electron chi connectivity index (χ0n) is 12.0. The van der Waals surface area contributed by atoms with Crippen molar-refractivity contribution in [3.8, 4) is 0 Å². The Hall–Kier alpha value is -1.56. The number of hydrogen-bond acceptors (Lipinski definition) is 4. The van der Waals surface area contributed by atoms with Gasteiger partial charge >= 0.3 is 5.97 Å². The van der Waals surface area contributed by atoms with E-state index in [1.54, 1.807) is 23.1 Å².